The molecule has 0 aliphatic rings. The predicted molar refractivity (Wildman–Crippen MR) is 130 cm³/mol. The third-order valence-corrected chi connectivity index (χ3v) is 5.99. The van der Waals surface area contributed by atoms with E-state index >= 15 is 0 Å². The van der Waals surface area contributed by atoms with Crippen LogP contribution in [-0.2, 0) is 11.2 Å². The number of methoxy groups -OCH3 is 1. The molecule has 3 aromatic rings. The molecule has 1 heterocycles. The number of amides is 1. The van der Waals surface area contributed by atoms with E-state index in [-0.39, 0.29) is 29.3 Å². The first kappa shape index (κ1) is 23.6. The van der Waals surface area contributed by atoms with Crippen LogP contribution < -0.4 is 15.8 Å². The van der Waals surface area contributed by atoms with Crippen LogP contribution in [0.2, 0.25) is 0 Å². The summed E-state index contributed by atoms with van der Waals surface area (Å²) in [6.07, 6.45) is 1.10. The summed E-state index contributed by atoms with van der Waals surface area (Å²) in [7, 11) is 1.58. The van der Waals surface area contributed by atoms with Crippen molar-refractivity contribution in [2.45, 2.75) is 24.8 Å². The number of nitrogens with one attached hydrogen (secondary N) is 1. The average Bonchev–Trinajstić information content (AvgIpc) is 2.84. The van der Waals surface area contributed by atoms with Gasteiger partial charge in [0.25, 0.3) is 0 Å². The predicted octanol–water partition coefficient (Wildman–Crippen LogP) is 4.77. The van der Waals surface area contributed by atoms with E-state index in [0.717, 1.165) is 17.5 Å². The number of nitrogens with zero attached hydrogens (tertiary/aromatic N) is 3. The lowest BCUT2D eigenvalue weighted by atomic mass is 9.96. The Labute approximate surface area is 197 Å². The molecule has 8 heteroatoms. The number of anilines is 2. The zero-order valence-corrected chi connectivity index (χ0v) is 19.2. The number of hydrogen-bond donors (Lipinski definition) is 2. The standard InChI is InChI=1S/C25H23N5O2S/c1-3-16-4-6-17(7-5-16)23-20(14-26)24(28)30-25(21(23)15-27)33-13-12-22(31)29-18-8-10-19(32-2)11-9-18/h4-11H,3,12-13H2,1-2H3,(H2,28,30)(H,29,31). The van der Waals surface area contributed by atoms with E-state index < -0.39 is 0 Å². The van der Waals surface area contributed by atoms with E-state index in [2.05, 4.69) is 29.4 Å². The smallest absolute Gasteiger partial charge is 0.225 e. The topological polar surface area (TPSA) is 125 Å². The molecular weight excluding hydrogens is 434 g/mol. The summed E-state index contributed by atoms with van der Waals surface area (Å²) in [5, 5.41) is 22.8. The zero-order valence-electron chi connectivity index (χ0n) is 18.4. The van der Waals surface area contributed by atoms with Gasteiger partial charge in [-0.25, -0.2) is 4.98 Å². The molecule has 0 atom stereocenters. The summed E-state index contributed by atoms with van der Waals surface area (Å²) in [6, 6.07) is 19.0. The molecule has 0 radical (unpaired) electrons. The van der Waals surface area contributed by atoms with Crippen molar-refractivity contribution < 1.29 is 9.53 Å². The quantitative estimate of drug-likeness (QED) is 0.467. The summed E-state index contributed by atoms with van der Waals surface area (Å²) < 4.78 is 5.11. The molecule has 1 amide bonds. The lowest BCUT2D eigenvalue weighted by Crippen LogP contribution is -2.12. The first-order valence-electron chi connectivity index (χ1n) is 10.3. The van der Waals surface area contributed by atoms with Crippen LogP contribution in [0.3, 0.4) is 0 Å². The highest BCUT2D eigenvalue weighted by atomic mass is 32.2. The number of hydrogen-bond acceptors (Lipinski definition) is 7. The number of pyridine rings is 1. The molecule has 0 saturated carbocycles. The van der Waals surface area contributed by atoms with Crippen LogP contribution in [0.5, 0.6) is 5.75 Å². The van der Waals surface area contributed by atoms with E-state index in [0.29, 0.717) is 27.8 Å². The van der Waals surface area contributed by atoms with E-state index in [4.69, 9.17) is 10.5 Å². The van der Waals surface area contributed by atoms with Crippen molar-refractivity contribution in [2.75, 3.05) is 23.9 Å². The maximum absolute atomic E-state index is 12.3. The molecule has 7 nitrogen and oxygen atoms in total. The maximum Gasteiger partial charge on any atom is 0.225 e. The van der Waals surface area contributed by atoms with Gasteiger partial charge in [-0.3, -0.25) is 4.79 Å². The normalized spacial score (nSPS) is 10.2. The summed E-state index contributed by atoms with van der Waals surface area (Å²) in [6.45, 7) is 2.06. The van der Waals surface area contributed by atoms with Crippen LogP contribution in [0.15, 0.2) is 53.6 Å². The summed E-state index contributed by atoms with van der Waals surface area (Å²) >= 11 is 1.26. The molecule has 3 rings (SSSR count). The molecule has 0 bridgehead atoms. The van der Waals surface area contributed by atoms with Crippen LogP contribution in [0.4, 0.5) is 11.5 Å². The van der Waals surface area contributed by atoms with Crippen molar-refractivity contribution in [3.05, 3.63) is 65.2 Å². The number of aryl methyl sites for hydroxylation is 1. The van der Waals surface area contributed by atoms with Gasteiger partial charge < -0.3 is 15.8 Å². The minimum Gasteiger partial charge on any atom is -0.497 e. The van der Waals surface area contributed by atoms with Gasteiger partial charge in [-0.05, 0) is 41.8 Å². The molecule has 2 aromatic carbocycles. The monoisotopic (exact) mass is 457 g/mol. The van der Waals surface area contributed by atoms with Crippen LogP contribution in [0.1, 0.15) is 30.0 Å². The van der Waals surface area contributed by atoms with Crippen LogP contribution >= 0.6 is 11.8 Å². The largest absolute Gasteiger partial charge is 0.497 e. The Morgan fingerprint density at radius 3 is 2.33 bits per heavy atom. The van der Waals surface area contributed by atoms with Gasteiger partial charge in [0, 0.05) is 23.4 Å². The number of thioether (sulfide) groups is 1. The Hall–Kier alpha value is -4.01. The minimum absolute atomic E-state index is 0.0660. The van der Waals surface area contributed by atoms with Gasteiger partial charge in [-0.2, -0.15) is 10.5 Å². The molecule has 3 N–H and O–H groups in total. The van der Waals surface area contributed by atoms with E-state index in [9.17, 15) is 15.3 Å². The highest BCUT2D eigenvalue weighted by Crippen LogP contribution is 2.36. The van der Waals surface area contributed by atoms with Crippen molar-refractivity contribution >= 4 is 29.2 Å². The first-order valence-corrected chi connectivity index (χ1v) is 11.3. The van der Waals surface area contributed by atoms with Gasteiger partial charge in [-0.1, -0.05) is 31.2 Å². The Bertz CT molecular complexity index is 1230. The molecule has 166 valence electrons. The fraction of sp³-hybridized carbons (Fsp3) is 0.200. The highest BCUT2D eigenvalue weighted by molar-refractivity contribution is 7.99. The van der Waals surface area contributed by atoms with E-state index in [1.54, 1.807) is 31.4 Å². The Kier molecular flexibility index (Phi) is 7.91. The fourth-order valence-corrected chi connectivity index (χ4v) is 4.17. The number of carbonyl (C=O) groups is 1. The zero-order chi connectivity index (χ0) is 23.8. The van der Waals surface area contributed by atoms with Crippen molar-refractivity contribution in [1.82, 2.24) is 4.98 Å². The fourth-order valence-electron chi connectivity index (χ4n) is 3.24. The molecule has 0 fully saturated rings. The van der Waals surface area contributed by atoms with Gasteiger partial charge in [-0.15, -0.1) is 11.8 Å². The lowest BCUT2D eigenvalue weighted by molar-refractivity contribution is -0.115. The number of rotatable bonds is 8. The number of nitriles is 2. The molecule has 0 saturated heterocycles. The van der Waals surface area contributed by atoms with Crippen molar-refractivity contribution in [1.29, 1.82) is 10.5 Å². The number of carbonyl (C=O) groups excluding carboxylic acids is 1. The maximum atomic E-state index is 12.3. The SMILES string of the molecule is CCc1ccc(-c2c(C#N)c(N)nc(SCCC(=O)Nc3ccc(OC)cc3)c2C#N)cc1. The van der Waals surface area contributed by atoms with Gasteiger partial charge in [0.2, 0.25) is 5.91 Å². The number of nitrogens with two attached hydrogens (primary N) is 1. The highest BCUT2D eigenvalue weighted by Gasteiger charge is 2.20. The van der Waals surface area contributed by atoms with Gasteiger partial charge in [0.15, 0.2) is 0 Å². The molecule has 0 aliphatic heterocycles. The number of ether oxygens (including phenoxy) is 1. The molecule has 0 spiro atoms. The summed E-state index contributed by atoms with van der Waals surface area (Å²) in [5.41, 5.74) is 9.54. The third kappa shape index (κ3) is 5.62. The average molecular weight is 458 g/mol. The van der Waals surface area contributed by atoms with Crippen molar-refractivity contribution in [2.24, 2.45) is 0 Å². The Morgan fingerprint density at radius 2 is 1.76 bits per heavy atom. The Balaban J connectivity index is 1.78. The minimum atomic E-state index is -0.164. The summed E-state index contributed by atoms with van der Waals surface area (Å²) in [4.78, 5) is 16.6. The van der Waals surface area contributed by atoms with Crippen LogP contribution in [0.25, 0.3) is 11.1 Å². The van der Waals surface area contributed by atoms with E-state index in [1.807, 2.05) is 24.3 Å². The van der Waals surface area contributed by atoms with Crippen LogP contribution in [0, 0.1) is 22.7 Å². The first-order chi connectivity index (χ1) is 16.0. The van der Waals surface area contributed by atoms with Crippen LogP contribution in [-0.4, -0.2) is 23.8 Å². The molecular formula is C25H23N5O2S. The second-order valence-corrected chi connectivity index (χ2v) is 8.16. The summed E-state index contributed by atoms with van der Waals surface area (Å²) in [5.74, 6) is 1.00. The van der Waals surface area contributed by atoms with Crippen molar-refractivity contribution in [3.63, 3.8) is 0 Å². The molecule has 0 unspecified atom stereocenters. The third-order valence-electron chi connectivity index (χ3n) is 5.01. The van der Waals surface area contributed by atoms with Crippen molar-refractivity contribution in [3.8, 4) is 29.0 Å². The van der Waals surface area contributed by atoms with Gasteiger partial charge in [0.05, 0.1) is 12.7 Å². The number of aromatic nitrogens is 1. The molecule has 33 heavy (non-hydrogen) atoms. The molecule has 1 aromatic heterocycles. The second kappa shape index (κ2) is 11.0. The Morgan fingerprint density at radius 1 is 1.09 bits per heavy atom. The number of benzene rings is 2. The number of nitrogen functional groups attached to an aromatic ring is 1. The van der Waals surface area contributed by atoms with Gasteiger partial charge >= 0.3 is 0 Å². The van der Waals surface area contributed by atoms with E-state index in [1.165, 1.54) is 11.8 Å². The molecule has 0 aliphatic carbocycles. The second-order valence-electron chi connectivity index (χ2n) is 7.08. The van der Waals surface area contributed by atoms with Gasteiger partial charge in [0.1, 0.15) is 34.3 Å². The lowest BCUT2D eigenvalue weighted by Gasteiger charge is -2.13.